The molecule has 104 valence electrons. The Bertz CT molecular complexity index is 554. The molecule has 2 aromatic carbocycles. The van der Waals surface area contributed by atoms with Gasteiger partial charge in [-0.2, -0.15) is 0 Å². The quantitative estimate of drug-likeness (QED) is 0.609. The van der Waals surface area contributed by atoms with Crippen LogP contribution in [0.4, 0.5) is 4.39 Å². The van der Waals surface area contributed by atoms with Gasteiger partial charge < -0.3 is 4.74 Å². The van der Waals surface area contributed by atoms with E-state index in [1.807, 2.05) is 30.3 Å². The van der Waals surface area contributed by atoms with Gasteiger partial charge in [-0.3, -0.25) is 4.79 Å². The highest BCUT2D eigenvalue weighted by Gasteiger charge is 2.23. The lowest BCUT2D eigenvalue weighted by Gasteiger charge is -2.15. The molecule has 0 N–H and O–H groups in total. The van der Waals surface area contributed by atoms with Crippen LogP contribution < -0.4 is 0 Å². The van der Waals surface area contributed by atoms with Crippen LogP contribution in [0.3, 0.4) is 0 Å². The molecule has 0 aliphatic heterocycles. The topological polar surface area (TPSA) is 26.3 Å². The molecule has 2 rings (SSSR count). The van der Waals surface area contributed by atoms with Crippen LogP contribution in [0.25, 0.3) is 0 Å². The van der Waals surface area contributed by atoms with Gasteiger partial charge in [-0.25, -0.2) is 4.39 Å². The van der Waals surface area contributed by atoms with Gasteiger partial charge in [0.05, 0.1) is 6.61 Å². The minimum Gasteiger partial charge on any atom is -0.465 e. The molecule has 0 aliphatic carbocycles. The van der Waals surface area contributed by atoms with Crippen LogP contribution in [0.5, 0.6) is 0 Å². The number of carbonyl (C=O) groups excluding carboxylic acids is 1. The molecule has 0 unspecified atom stereocenters. The number of halogens is 1. The SMILES string of the molecule is CCOC(=O)[C@H](Sc1ccc(F)cc1)c1ccccc1. The van der Waals surface area contributed by atoms with Gasteiger partial charge in [-0.1, -0.05) is 30.3 Å². The molecule has 0 aromatic heterocycles. The summed E-state index contributed by atoms with van der Waals surface area (Å²) in [5.41, 5.74) is 0.875. The zero-order valence-corrected chi connectivity index (χ0v) is 11.9. The summed E-state index contributed by atoms with van der Waals surface area (Å²) in [7, 11) is 0. The number of carbonyl (C=O) groups is 1. The summed E-state index contributed by atoms with van der Waals surface area (Å²) < 4.78 is 18.0. The van der Waals surface area contributed by atoms with E-state index in [0.717, 1.165) is 10.5 Å². The summed E-state index contributed by atoms with van der Waals surface area (Å²) in [6.45, 7) is 2.12. The Kier molecular flexibility index (Phi) is 5.18. The average Bonchev–Trinajstić information content (AvgIpc) is 2.48. The first-order chi connectivity index (χ1) is 9.70. The van der Waals surface area contributed by atoms with Gasteiger partial charge in [0.25, 0.3) is 0 Å². The zero-order valence-electron chi connectivity index (χ0n) is 11.1. The van der Waals surface area contributed by atoms with Crippen molar-refractivity contribution in [2.24, 2.45) is 0 Å². The highest BCUT2D eigenvalue weighted by molar-refractivity contribution is 8.00. The number of esters is 1. The maximum atomic E-state index is 12.9. The lowest BCUT2D eigenvalue weighted by Crippen LogP contribution is -2.13. The smallest absolute Gasteiger partial charge is 0.323 e. The largest absolute Gasteiger partial charge is 0.465 e. The Labute approximate surface area is 122 Å². The number of benzene rings is 2. The van der Waals surface area contributed by atoms with E-state index < -0.39 is 5.25 Å². The summed E-state index contributed by atoms with van der Waals surface area (Å²) in [5.74, 6) is -0.574. The minimum absolute atomic E-state index is 0.284. The second kappa shape index (κ2) is 7.10. The van der Waals surface area contributed by atoms with Gasteiger partial charge in [-0.15, -0.1) is 11.8 Å². The molecular weight excluding hydrogens is 275 g/mol. The van der Waals surface area contributed by atoms with Crippen molar-refractivity contribution in [3.8, 4) is 0 Å². The Hall–Kier alpha value is -1.81. The fourth-order valence-corrected chi connectivity index (χ4v) is 2.77. The second-order valence-electron chi connectivity index (χ2n) is 4.11. The molecule has 0 aliphatic rings. The van der Waals surface area contributed by atoms with Crippen LogP contribution in [-0.2, 0) is 9.53 Å². The fourth-order valence-electron chi connectivity index (χ4n) is 1.75. The van der Waals surface area contributed by atoms with Crippen LogP contribution in [-0.4, -0.2) is 12.6 Å². The van der Waals surface area contributed by atoms with E-state index in [4.69, 9.17) is 4.74 Å². The van der Waals surface area contributed by atoms with Crippen molar-refractivity contribution in [1.82, 2.24) is 0 Å². The molecule has 0 heterocycles. The molecule has 1 atom stereocenters. The number of hydrogen-bond acceptors (Lipinski definition) is 3. The highest BCUT2D eigenvalue weighted by atomic mass is 32.2. The van der Waals surface area contributed by atoms with Gasteiger partial charge in [0.15, 0.2) is 0 Å². The molecule has 2 nitrogen and oxygen atoms in total. The Balaban J connectivity index is 2.23. The minimum atomic E-state index is -0.443. The summed E-state index contributed by atoms with van der Waals surface area (Å²) in [4.78, 5) is 12.9. The zero-order chi connectivity index (χ0) is 14.4. The lowest BCUT2D eigenvalue weighted by atomic mass is 10.1. The average molecular weight is 290 g/mol. The van der Waals surface area contributed by atoms with Crippen molar-refractivity contribution < 1.29 is 13.9 Å². The third-order valence-corrected chi connectivity index (χ3v) is 3.92. The van der Waals surface area contributed by atoms with Crippen molar-refractivity contribution in [3.05, 3.63) is 66.0 Å². The normalized spacial score (nSPS) is 11.9. The van der Waals surface area contributed by atoms with E-state index in [2.05, 4.69) is 0 Å². The summed E-state index contributed by atoms with van der Waals surface area (Å²) in [6, 6.07) is 15.5. The predicted octanol–water partition coefficient (Wildman–Crippen LogP) is 4.22. The lowest BCUT2D eigenvalue weighted by molar-refractivity contribution is -0.142. The molecule has 20 heavy (non-hydrogen) atoms. The summed E-state index contributed by atoms with van der Waals surface area (Å²) >= 11 is 1.36. The van der Waals surface area contributed by atoms with Crippen molar-refractivity contribution in [2.75, 3.05) is 6.61 Å². The van der Waals surface area contributed by atoms with Crippen LogP contribution in [0.1, 0.15) is 17.7 Å². The van der Waals surface area contributed by atoms with E-state index in [0.29, 0.717) is 6.61 Å². The second-order valence-corrected chi connectivity index (χ2v) is 5.29. The van der Waals surface area contributed by atoms with E-state index >= 15 is 0 Å². The van der Waals surface area contributed by atoms with Gasteiger partial charge >= 0.3 is 5.97 Å². The van der Waals surface area contributed by atoms with E-state index in [1.165, 1.54) is 23.9 Å². The summed E-state index contributed by atoms with van der Waals surface area (Å²) in [5, 5.41) is -0.443. The summed E-state index contributed by atoms with van der Waals surface area (Å²) in [6.07, 6.45) is 0. The standard InChI is InChI=1S/C16H15FO2S/c1-2-19-16(18)15(12-6-4-3-5-7-12)20-14-10-8-13(17)9-11-14/h3-11,15H,2H2,1H3/t15-/m1/s1. The van der Waals surface area contributed by atoms with E-state index in [1.54, 1.807) is 19.1 Å². The molecule has 0 radical (unpaired) electrons. The van der Waals surface area contributed by atoms with Crippen LogP contribution >= 0.6 is 11.8 Å². The first-order valence-corrected chi connectivity index (χ1v) is 7.22. The number of rotatable bonds is 5. The molecule has 0 saturated heterocycles. The van der Waals surface area contributed by atoms with E-state index in [9.17, 15) is 9.18 Å². The molecule has 0 fully saturated rings. The third kappa shape index (κ3) is 3.84. The monoisotopic (exact) mass is 290 g/mol. The Morgan fingerprint density at radius 1 is 1.15 bits per heavy atom. The number of hydrogen-bond donors (Lipinski definition) is 0. The van der Waals surface area contributed by atoms with Crippen LogP contribution in [0, 0.1) is 5.82 Å². The Morgan fingerprint density at radius 2 is 1.80 bits per heavy atom. The molecule has 0 amide bonds. The highest BCUT2D eigenvalue weighted by Crippen LogP contribution is 2.36. The first-order valence-electron chi connectivity index (χ1n) is 6.34. The molecule has 0 saturated carbocycles. The van der Waals surface area contributed by atoms with E-state index in [-0.39, 0.29) is 11.8 Å². The van der Waals surface area contributed by atoms with Crippen molar-refractivity contribution in [2.45, 2.75) is 17.1 Å². The molecular formula is C16H15FO2S. The molecule has 0 bridgehead atoms. The predicted molar refractivity (Wildman–Crippen MR) is 78.1 cm³/mol. The van der Waals surface area contributed by atoms with Crippen molar-refractivity contribution >= 4 is 17.7 Å². The van der Waals surface area contributed by atoms with Crippen molar-refractivity contribution in [1.29, 1.82) is 0 Å². The number of ether oxygens (including phenoxy) is 1. The van der Waals surface area contributed by atoms with Gasteiger partial charge in [0.1, 0.15) is 11.1 Å². The van der Waals surface area contributed by atoms with Crippen molar-refractivity contribution in [3.63, 3.8) is 0 Å². The first kappa shape index (κ1) is 14.6. The molecule has 0 spiro atoms. The van der Waals surface area contributed by atoms with Crippen LogP contribution in [0.2, 0.25) is 0 Å². The van der Waals surface area contributed by atoms with Gasteiger partial charge in [0.2, 0.25) is 0 Å². The third-order valence-electron chi connectivity index (χ3n) is 2.67. The molecule has 4 heteroatoms. The fraction of sp³-hybridized carbons (Fsp3) is 0.188. The van der Waals surface area contributed by atoms with Gasteiger partial charge in [-0.05, 0) is 36.8 Å². The van der Waals surface area contributed by atoms with Gasteiger partial charge in [0, 0.05) is 4.90 Å². The Morgan fingerprint density at radius 3 is 2.40 bits per heavy atom. The maximum absolute atomic E-state index is 12.9. The number of thioether (sulfide) groups is 1. The molecule has 2 aromatic rings. The maximum Gasteiger partial charge on any atom is 0.323 e. The van der Waals surface area contributed by atoms with Crippen LogP contribution in [0.15, 0.2) is 59.5 Å².